The van der Waals surface area contributed by atoms with Crippen molar-refractivity contribution in [1.29, 1.82) is 0 Å². The van der Waals surface area contributed by atoms with Gasteiger partial charge in [0.1, 0.15) is 17.7 Å². The highest BCUT2D eigenvalue weighted by Gasteiger charge is 2.49. The number of alkyl carbamates (subject to hydrolysis) is 1. The highest BCUT2D eigenvalue weighted by Crippen LogP contribution is 2.41. The van der Waals surface area contributed by atoms with Gasteiger partial charge in [-0.05, 0) is 57.1 Å². The molecule has 2 N–H and O–H groups in total. The molecule has 2 rings (SSSR count). The second-order valence-electron chi connectivity index (χ2n) is 11.2. The molecule has 5 atom stereocenters. The van der Waals surface area contributed by atoms with Gasteiger partial charge < -0.3 is 20.3 Å². The molecule has 0 saturated heterocycles. The van der Waals surface area contributed by atoms with E-state index < -0.39 is 23.8 Å². The van der Waals surface area contributed by atoms with Crippen LogP contribution < -0.4 is 10.6 Å². The van der Waals surface area contributed by atoms with Gasteiger partial charge >= 0.3 is 6.09 Å². The molecule has 1 fully saturated rings. The number of nitrogens with zero attached hydrogens (tertiary/aromatic N) is 1. The van der Waals surface area contributed by atoms with Crippen molar-refractivity contribution >= 4 is 17.9 Å². The number of ether oxygens (including phenoxy) is 1. The van der Waals surface area contributed by atoms with E-state index in [-0.39, 0.29) is 29.7 Å². The molecule has 1 aromatic carbocycles. The van der Waals surface area contributed by atoms with Gasteiger partial charge in [0.05, 0.1) is 0 Å². The van der Waals surface area contributed by atoms with Crippen molar-refractivity contribution in [3.8, 4) is 12.3 Å². The summed E-state index contributed by atoms with van der Waals surface area (Å²) in [7, 11) is 0. The lowest BCUT2D eigenvalue weighted by atomic mass is 9.94. The Morgan fingerprint density at radius 3 is 2.38 bits per heavy atom. The molecule has 0 heterocycles. The first-order chi connectivity index (χ1) is 17.4. The van der Waals surface area contributed by atoms with Crippen LogP contribution in [-0.2, 0) is 14.3 Å². The highest BCUT2D eigenvalue weighted by molar-refractivity contribution is 5.93. The summed E-state index contributed by atoms with van der Waals surface area (Å²) in [5.74, 6) is 2.19. The van der Waals surface area contributed by atoms with Gasteiger partial charge in [0, 0.05) is 18.2 Å². The van der Waals surface area contributed by atoms with Crippen LogP contribution in [0.15, 0.2) is 24.3 Å². The maximum absolute atomic E-state index is 14.3. The van der Waals surface area contributed by atoms with E-state index in [1.165, 1.54) is 0 Å². The van der Waals surface area contributed by atoms with E-state index in [2.05, 4.69) is 30.4 Å². The minimum absolute atomic E-state index is 0.128. The number of carbonyl (C=O) groups is 3. The van der Waals surface area contributed by atoms with E-state index in [9.17, 15) is 14.4 Å². The van der Waals surface area contributed by atoms with E-state index in [1.54, 1.807) is 31.7 Å². The lowest BCUT2D eigenvalue weighted by Gasteiger charge is -2.37. The Labute approximate surface area is 223 Å². The third kappa shape index (κ3) is 8.52. The molecule has 0 radical (unpaired) electrons. The lowest BCUT2D eigenvalue weighted by molar-refractivity contribution is -0.144. The topological polar surface area (TPSA) is 87.7 Å². The van der Waals surface area contributed by atoms with Crippen LogP contribution in [0.3, 0.4) is 0 Å². The van der Waals surface area contributed by atoms with Gasteiger partial charge in [-0.1, -0.05) is 71.1 Å². The zero-order valence-corrected chi connectivity index (χ0v) is 23.6. The maximum atomic E-state index is 14.3. The number of carbonyl (C=O) groups excluding carboxylic acids is 3. The summed E-state index contributed by atoms with van der Waals surface area (Å²) in [5, 5.41) is 5.85. The molecule has 37 heavy (non-hydrogen) atoms. The number of nitrogens with one attached hydrogen (secondary N) is 2. The van der Waals surface area contributed by atoms with Gasteiger partial charge in [0.15, 0.2) is 0 Å². The number of benzene rings is 1. The van der Waals surface area contributed by atoms with Crippen LogP contribution in [0.4, 0.5) is 4.79 Å². The van der Waals surface area contributed by atoms with Gasteiger partial charge in [-0.2, -0.15) is 0 Å². The SMILES string of the molecule is C#Cc1ccccc1C(C(=O)NCCCCC)N(C(=O)C(NC(=O)OC(C)(C)C)C(C)CC)C1CC1C. The Morgan fingerprint density at radius 1 is 1.19 bits per heavy atom. The zero-order chi connectivity index (χ0) is 27.8. The summed E-state index contributed by atoms with van der Waals surface area (Å²) in [6, 6.07) is 5.39. The Hall–Kier alpha value is -3.01. The third-order valence-electron chi connectivity index (χ3n) is 6.85. The standard InChI is InChI=1S/C30H45N3O4/c1-9-12-15-18-31-27(34)26(23-17-14-13-16-22(23)11-3)33(24-19-21(24)5)28(35)25(20(4)10-2)32-29(36)37-30(6,7)8/h3,13-14,16-17,20-21,24-26H,9-10,12,15,18-19H2,1-2,4-8H3,(H,31,34)(H,32,36). The van der Waals surface area contributed by atoms with E-state index in [4.69, 9.17) is 11.2 Å². The summed E-state index contributed by atoms with van der Waals surface area (Å²) in [6.07, 6.45) is 9.51. The Kier molecular flexibility index (Phi) is 11.0. The summed E-state index contributed by atoms with van der Waals surface area (Å²) < 4.78 is 5.47. The molecule has 204 valence electrons. The summed E-state index contributed by atoms with van der Waals surface area (Å²) in [4.78, 5) is 42.4. The van der Waals surface area contributed by atoms with Crippen molar-refractivity contribution in [2.45, 2.75) is 104 Å². The lowest BCUT2D eigenvalue weighted by Crippen LogP contribution is -2.56. The molecule has 7 nitrogen and oxygen atoms in total. The van der Waals surface area contributed by atoms with Crippen LogP contribution in [0.5, 0.6) is 0 Å². The number of terminal acetylenes is 1. The number of rotatable bonds is 12. The molecular weight excluding hydrogens is 466 g/mol. The third-order valence-corrected chi connectivity index (χ3v) is 6.85. The number of hydrogen-bond donors (Lipinski definition) is 2. The second-order valence-corrected chi connectivity index (χ2v) is 11.2. The minimum Gasteiger partial charge on any atom is -0.444 e. The molecule has 0 aromatic heterocycles. The second kappa shape index (κ2) is 13.5. The molecule has 1 aromatic rings. The predicted octanol–water partition coefficient (Wildman–Crippen LogP) is 5.19. The van der Waals surface area contributed by atoms with E-state index in [0.717, 1.165) is 25.7 Å². The molecular formula is C30H45N3O4. The van der Waals surface area contributed by atoms with Crippen molar-refractivity contribution in [1.82, 2.24) is 15.5 Å². The maximum Gasteiger partial charge on any atom is 0.408 e. The normalized spacial score (nSPS) is 19.1. The molecule has 1 aliphatic rings. The number of hydrogen-bond acceptors (Lipinski definition) is 4. The number of unbranched alkanes of at least 4 members (excludes halogenated alkanes) is 2. The van der Waals surface area contributed by atoms with Crippen LogP contribution in [0.1, 0.15) is 97.7 Å². The van der Waals surface area contributed by atoms with Gasteiger partial charge in [-0.25, -0.2) is 4.79 Å². The summed E-state index contributed by atoms with van der Waals surface area (Å²) in [6.45, 7) is 13.9. The molecule has 0 spiro atoms. The van der Waals surface area contributed by atoms with Crippen molar-refractivity contribution in [2.24, 2.45) is 11.8 Å². The quantitative estimate of drug-likeness (QED) is 0.299. The van der Waals surface area contributed by atoms with Gasteiger partial charge in [-0.15, -0.1) is 6.42 Å². The first-order valence-corrected chi connectivity index (χ1v) is 13.6. The fraction of sp³-hybridized carbons (Fsp3) is 0.633. The van der Waals surface area contributed by atoms with Gasteiger partial charge in [0.2, 0.25) is 11.8 Å². The minimum atomic E-state index is -0.900. The Morgan fingerprint density at radius 2 is 1.84 bits per heavy atom. The highest BCUT2D eigenvalue weighted by atomic mass is 16.6. The van der Waals surface area contributed by atoms with Crippen molar-refractivity contribution < 1.29 is 19.1 Å². The smallest absolute Gasteiger partial charge is 0.408 e. The van der Waals surface area contributed by atoms with Crippen molar-refractivity contribution in [2.75, 3.05) is 6.54 Å². The van der Waals surface area contributed by atoms with E-state index in [1.807, 2.05) is 32.0 Å². The molecule has 5 unspecified atom stereocenters. The zero-order valence-electron chi connectivity index (χ0n) is 23.6. The van der Waals surface area contributed by atoms with Crippen molar-refractivity contribution in [3.63, 3.8) is 0 Å². The van der Waals surface area contributed by atoms with Crippen LogP contribution in [-0.4, -0.2) is 47.0 Å². The van der Waals surface area contributed by atoms with E-state index >= 15 is 0 Å². The van der Waals surface area contributed by atoms with Gasteiger partial charge in [-0.3, -0.25) is 9.59 Å². The molecule has 7 heteroatoms. The van der Waals surface area contributed by atoms with Crippen LogP contribution in [0.25, 0.3) is 0 Å². The fourth-order valence-electron chi connectivity index (χ4n) is 4.42. The van der Waals surface area contributed by atoms with Crippen LogP contribution >= 0.6 is 0 Å². The largest absolute Gasteiger partial charge is 0.444 e. The Balaban J connectivity index is 2.51. The summed E-state index contributed by atoms with van der Waals surface area (Å²) >= 11 is 0. The summed E-state index contributed by atoms with van der Waals surface area (Å²) in [5.41, 5.74) is 0.484. The first kappa shape index (κ1) is 30.2. The molecule has 0 bridgehead atoms. The predicted molar refractivity (Wildman–Crippen MR) is 147 cm³/mol. The van der Waals surface area contributed by atoms with Crippen LogP contribution in [0, 0.1) is 24.2 Å². The van der Waals surface area contributed by atoms with Crippen molar-refractivity contribution in [3.05, 3.63) is 35.4 Å². The fourth-order valence-corrected chi connectivity index (χ4v) is 4.42. The molecule has 1 saturated carbocycles. The number of amides is 3. The van der Waals surface area contributed by atoms with Crippen LogP contribution in [0.2, 0.25) is 0 Å². The average molecular weight is 512 g/mol. The average Bonchev–Trinajstić information content (AvgIpc) is 3.57. The first-order valence-electron chi connectivity index (χ1n) is 13.6. The molecule has 1 aliphatic carbocycles. The van der Waals surface area contributed by atoms with Gasteiger partial charge in [0.25, 0.3) is 0 Å². The molecule has 0 aliphatic heterocycles. The Bertz CT molecular complexity index is 978. The van der Waals surface area contributed by atoms with E-state index in [0.29, 0.717) is 24.1 Å². The molecule has 3 amide bonds. The monoisotopic (exact) mass is 511 g/mol.